The van der Waals surface area contributed by atoms with Crippen molar-refractivity contribution in [2.24, 2.45) is 0 Å². The van der Waals surface area contributed by atoms with Crippen LogP contribution < -0.4 is 10.2 Å². The molecule has 0 atom stereocenters. The molecule has 0 fully saturated rings. The lowest BCUT2D eigenvalue weighted by Crippen LogP contribution is -2.41. The van der Waals surface area contributed by atoms with Gasteiger partial charge in [-0.3, -0.25) is 9.59 Å². The Bertz CT molecular complexity index is 1070. The molecule has 0 saturated heterocycles. The van der Waals surface area contributed by atoms with Crippen LogP contribution in [0.4, 0.5) is 0 Å². The zero-order valence-electron chi connectivity index (χ0n) is 17.9. The average molecular weight is 396 g/mol. The third-order valence-electron chi connectivity index (χ3n) is 6.40. The second kappa shape index (κ2) is 7.54. The fourth-order valence-corrected chi connectivity index (χ4v) is 4.34. The van der Waals surface area contributed by atoms with Crippen LogP contribution in [0.25, 0.3) is 17.1 Å². The van der Waals surface area contributed by atoms with Gasteiger partial charge in [-0.1, -0.05) is 20.8 Å². The summed E-state index contributed by atoms with van der Waals surface area (Å²) in [6, 6.07) is 5.09. The Kier molecular flexibility index (Phi) is 5.44. The van der Waals surface area contributed by atoms with Gasteiger partial charge in [0.2, 0.25) is 0 Å². The quantitative estimate of drug-likeness (QED) is 0.747. The van der Waals surface area contributed by atoms with E-state index in [0.717, 1.165) is 22.4 Å². The molecule has 1 aliphatic carbocycles. The van der Waals surface area contributed by atoms with E-state index < -0.39 is 5.41 Å². The minimum Gasteiger partial charge on any atom is -0.507 e. The SMILES string of the molecule is CCC1=C(O)c2c(oc(-c3ccc(OC)c(C)c3C)cc2=O)C(CC)(CC)C1=O. The number of ether oxygens (including phenoxy) is 1. The van der Waals surface area contributed by atoms with Gasteiger partial charge in [-0.2, -0.15) is 0 Å². The van der Waals surface area contributed by atoms with Crippen LogP contribution in [-0.2, 0) is 10.2 Å². The number of benzene rings is 1. The number of allylic oxidation sites excluding steroid dienone is 1. The standard InChI is InChI=1S/C24H28O5/c1-7-15-21(26)20-17(25)12-19(16-10-11-18(28-6)14(5)13(16)4)29-23(20)24(8-2,9-3)22(15)27/h10-12,26H,7-9H2,1-6H3. The molecule has 1 aromatic heterocycles. The molecule has 1 N–H and O–H groups in total. The Balaban J connectivity index is 2.37. The van der Waals surface area contributed by atoms with Gasteiger partial charge in [0.1, 0.15) is 28.6 Å². The fourth-order valence-electron chi connectivity index (χ4n) is 4.34. The van der Waals surface area contributed by atoms with E-state index in [4.69, 9.17) is 9.15 Å². The third-order valence-corrected chi connectivity index (χ3v) is 6.40. The zero-order chi connectivity index (χ0) is 21.5. The van der Waals surface area contributed by atoms with Crippen LogP contribution in [0.15, 0.2) is 33.0 Å². The number of fused-ring (bicyclic) bond motifs is 1. The number of methoxy groups -OCH3 is 1. The maximum absolute atomic E-state index is 13.3. The van der Waals surface area contributed by atoms with Gasteiger partial charge in [0, 0.05) is 17.2 Å². The highest BCUT2D eigenvalue weighted by Crippen LogP contribution is 2.45. The summed E-state index contributed by atoms with van der Waals surface area (Å²) < 4.78 is 11.6. The minimum absolute atomic E-state index is 0.122. The molecule has 29 heavy (non-hydrogen) atoms. The van der Waals surface area contributed by atoms with Gasteiger partial charge < -0.3 is 14.3 Å². The number of ketones is 1. The van der Waals surface area contributed by atoms with Crippen LogP contribution in [0, 0.1) is 13.8 Å². The second-order valence-electron chi connectivity index (χ2n) is 7.54. The summed E-state index contributed by atoms with van der Waals surface area (Å²) in [5.74, 6) is 1.03. The molecular weight excluding hydrogens is 368 g/mol. The molecule has 0 bridgehead atoms. The molecule has 1 aliphatic rings. The monoisotopic (exact) mass is 396 g/mol. The van der Waals surface area contributed by atoms with Crippen molar-refractivity contribution in [1.29, 1.82) is 0 Å². The smallest absolute Gasteiger partial charge is 0.196 e. The van der Waals surface area contributed by atoms with E-state index in [1.54, 1.807) is 7.11 Å². The van der Waals surface area contributed by atoms with Gasteiger partial charge >= 0.3 is 0 Å². The molecule has 0 spiro atoms. The zero-order valence-corrected chi connectivity index (χ0v) is 17.9. The number of hydrogen-bond donors (Lipinski definition) is 1. The summed E-state index contributed by atoms with van der Waals surface area (Å²) in [7, 11) is 1.61. The van der Waals surface area contributed by atoms with Crippen LogP contribution >= 0.6 is 0 Å². The minimum atomic E-state index is -0.947. The summed E-state index contributed by atoms with van der Waals surface area (Å²) in [5.41, 5.74) is 1.79. The van der Waals surface area contributed by atoms with Crippen molar-refractivity contribution in [1.82, 2.24) is 0 Å². The highest BCUT2D eigenvalue weighted by Gasteiger charge is 2.48. The van der Waals surface area contributed by atoms with E-state index in [1.807, 2.05) is 46.8 Å². The molecular formula is C24H28O5. The number of aliphatic hydroxyl groups is 1. The fraction of sp³-hybridized carbons (Fsp3) is 0.417. The Morgan fingerprint density at radius 3 is 2.28 bits per heavy atom. The number of hydrogen-bond acceptors (Lipinski definition) is 5. The van der Waals surface area contributed by atoms with Crippen molar-refractivity contribution in [3.8, 4) is 17.1 Å². The summed E-state index contributed by atoms with van der Waals surface area (Å²) in [5, 5.41) is 10.7. The Morgan fingerprint density at radius 2 is 1.72 bits per heavy atom. The lowest BCUT2D eigenvalue weighted by Gasteiger charge is -2.35. The number of carbonyl (C=O) groups excluding carboxylic acids is 1. The highest BCUT2D eigenvalue weighted by atomic mass is 16.5. The van der Waals surface area contributed by atoms with Crippen LogP contribution in [0.1, 0.15) is 62.5 Å². The highest BCUT2D eigenvalue weighted by molar-refractivity contribution is 6.10. The summed E-state index contributed by atoms with van der Waals surface area (Å²) in [6.45, 7) is 9.52. The van der Waals surface area contributed by atoms with Gasteiger partial charge in [0.25, 0.3) is 0 Å². The number of carbonyl (C=O) groups is 1. The van der Waals surface area contributed by atoms with Crippen LogP contribution in [0.2, 0.25) is 0 Å². The summed E-state index contributed by atoms with van der Waals surface area (Å²) in [4.78, 5) is 26.4. The maximum atomic E-state index is 13.3. The van der Waals surface area contributed by atoms with Crippen LogP contribution in [-0.4, -0.2) is 18.0 Å². The van der Waals surface area contributed by atoms with Gasteiger partial charge in [0.15, 0.2) is 11.2 Å². The lowest BCUT2D eigenvalue weighted by atomic mass is 9.68. The van der Waals surface area contributed by atoms with Gasteiger partial charge in [-0.05, 0) is 56.4 Å². The Labute approximate surface area is 171 Å². The predicted octanol–water partition coefficient (Wildman–Crippen LogP) is 5.25. The first kappa shape index (κ1) is 20.9. The molecule has 154 valence electrons. The molecule has 5 nitrogen and oxygen atoms in total. The first-order valence-corrected chi connectivity index (χ1v) is 10.1. The maximum Gasteiger partial charge on any atom is 0.196 e. The van der Waals surface area contributed by atoms with Crippen molar-refractivity contribution < 1.29 is 19.1 Å². The van der Waals surface area contributed by atoms with E-state index in [9.17, 15) is 14.7 Å². The van der Waals surface area contributed by atoms with Gasteiger partial charge in [0.05, 0.1) is 12.5 Å². The van der Waals surface area contributed by atoms with Crippen LogP contribution in [0.3, 0.4) is 0 Å². The Morgan fingerprint density at radius 1 is 1.07 bits per heavy atom. The van der Waals surface area contributed by atoms with Crippen LogP contribution in [0.5, 0.6) is 5.75 Å². The first-order valence-electron chi connectivity index (χ1n) is 10.1. The molecule has 0 saturated carbocycles. The summed E-state index contributed by atoms with van der Waals surface area (Å²) >= 11 is 0. The largest absolute Gasteiger partial charge is 0.507 e. The van der Waals surface area contributed by atoms with E-state index in [2.05, 4.69) is 0 Å². The first-order chi connectivity index (χ1) is 13.8. The van der Waals surface area contributed by atoms with Gasteiger partial charge in [-0.25, -0.2) is 0 Å². The van der Waals surface area contributed by atoms with Crippen molar-refractivity contribution in [2.75, 3.05) is 7.11 Å². The van der Waals surface area contributed by atoms with E-state index in [1.165, 1.54) is 6.07 Å². The molecule has 1 heterocycles. The topological polar surface area (TPSA) is 76.7 Å². The molecule has 5 heteroatoms. The average Bonchev–Trinajstić information content (AvgIpc) is 2.71. The third kappa shape index (κ3) is 2.91. The van der Waals surface area contributed by atoms with Crippen molar-refractivity contribution >= 4 is 11.5 Å². The molecule has 0 unspecified atom stereocenters. The molecule has 2 aromatic rings. The second-order valence-corrected chi connectivity index (χ2v) is 7.54. The number of aliphatic hydroxyl groups excluding tert-OH is 1. The number of rotatable bonds is 5. The van der Waals surface area contributed by atoms with E-state index in [-0.39, 0.29) is 28.3 Å². The molecule has 0 radical (unpaired) electrons. The summed E-state index contributed by atoms with van der Waals surface area (Å²) in [6.07, 6.45) is 1.34. The molecule has 3 rings (SSSR count). The van der Waals surface area contributed by atoms with Crippen molar-refractivity contribution in [3.05, 3.63) is 56.4 Å². The van der Waals surface area contributed by atoms with E-state index in [0.29, 0.717) is 30.6 Å². The predicted molar refractivity (Wildman–Crippen MR) is 114 cm³/mol. The number of Topliss-reactive ketones (excluding diaryl/α,β-unsaturated/α-hetero) is 1. The van der Waals surface area contributed by atoms with Crippen molar-refractivity contribution in [3.63, 3.8) is 0 Å². The molecule has 0 aliphatic heterocycles. The lowest BCUT2D eigenvalue weighted by molar-refractivity contribution is -0.122. The molecule has 1 aromatic carbocycles. The normalized spacial score (nSPS) is 15.4. The van der Waals surface area contributed by atoms with Crippen molar-refractivity contribution in [2.45, 2.75) is 59.3 Å². The Hall–Kier alpha value is -2.82. The van der Waals surface area contributed by atoms with E-state index >= 15 is 0 Å². The molecule has 0 amide bonds. The van der Waals surface area contributed by atoms with Gasteiger partial charge in [-0.15, -0.1) is 0 Å².